The largest absolute Gasteiger partial charge is 0.480 e. The van der Waals surface area contributed by atoms with Gasteiger partial charge in [-0.1, -0.05) is 29.3 Å². The van der Waals surface area contributed by atoms with E-state index in [9.17, 15) is 9.59 Å². The number of thioether (sulfide) groups is 1. The van der Waals surface area contributed by atoms with Crippen LogP contribution in [0.2, 0.25) is 10.0 Å². The summed E-state index contributed by atoms with van der Waals surface area (Å²) in [5.74, 6) is -1.41. The van der Waals surface area contributed by atoms with E-state index in [1.807, 2.05) is 0 Å². The van der Waals surface area contributed by atoms with E-state index in [1.165, 1.54) is 18.7 Å². The molecule has 1 rings (SSSR count). The molecule has 0 bridgehead atoms. The summed E-state index contributed by atoms with van der Waals surface area (Å²) in [4.78, 5) is 22.6. The molecule has 0 aliphatic heterocycles. The summed E-state index contributed by atoms with van der Waals surface area (Å²) >= 11 is 13.0. The highest BCUT2D eigenvalue weighted by Crippen LogP contribution is 2.33. The lowest BCUT2D eigenvalue weighted by molar-refractivity contribution is -0.140. The fourth-order valence-corrected chi connectivity index (χ4v) is 2.60. The summed E-state index contributed by atoms with van der Waals surface area (Å²) in [5, 5.41) is 11.9. The van der Waals surface area contributed by atoms with Crippen molar-refractivity contribution in [3.63, 3.8) is 0 Å². The Bertz CT molecular complexity index is 447. The third kappa shape index (κ3) is 4.40. The second-order valence-electron chi connectivity index (χ2n) is 3.47. The summed E-state index contributed by atoms with van der Waals surface area (Å²) in [6, 6.07) is 4.14. The van der Waals surface area contributed by atoms with Crippen LogP contribution in [0.1, 0.15) is 6.92 Å². The molecule has 7 heteroatoms. The monoisotopic (exact) mass is 307 g/mol. The van der Waals surface area contributed by atoms with Crippen molar-refractivity contribution in [1.82, 2.24) is 5.32 Å². The van der Waals surface area contributed by atoms with Crippen LogP contribution < -0.4 is 5.32 Å². The summed E-state index contributed by atoms with van der Waals surface area (Å²) in [7, 11) is 0. The SMILES string of the molecule is CC(NC(=O)CSc1c(Cl)cccc1Cl)C(=O)O. The van der Waals surface area contributed by atoms with E-state index in [0.717, 1.165) is 0 Å². The average Bonchev–Trinajstić information content (AvgIpc) is 2.28. The molecule has 1 aromatic rings. The minimum atomic E-state index is -1.08. The zero-order chi connectivity index (χ0) is 13.7. The van der Waals surface area contributed by atoms with Gasteiger partial charge in [0.25, 0.3) is 0 Å². The molecule has 0 saturated heterocycles. The number of carboxylic acids is 1. The van der Waals surface area contributed by atoms with E-state index < -0.39 is 12.0 Å². The van der Waals surface area contributed by atoms with Crippen molar-refractivity contribution in [2.24, 2.45) is 0 Å². The summed E-state index contributed by atoms with van der Waals surface area (Å²) in [6.07, 6.45) is 0. The predicted octanol–water partition coefficient (Wildman–Crippen LogP) is 2.67. The van der Waals surface area contributed by atoms with Crippen molar-refractivity contribution in [3.8, 4) is 0 Å². The van der Waals surface area contributed by atoms with Crippen molar-refractivity contribution < 1.29 is 14.7 Å². The molecule has 1 unspecified atom stereocenters. The molecule has 1 aromatic carbocycles. The van der Waals surface area contributed by atoms with Gasteiger partial charge in [0.15, 0.2) is 0 Å². The fraction of sp³-hybridized carbons (Fsp3) is 0.273. The highest BCUT2D eigenvalue weighted by Gasteiger charge is 2.15. The third-order valence-electron chi connectivity index (χ3n) is 2.01. The minimum absolute atomic E-state index is 0.0566. The Labute approximate surface area is 119 Å². The lowest BCUT2D eigenvalue weighted by Gasteiger charge is -2.10. The number of amides is 1. The van der Waals surface area contributed by atoms with E-state index in [-0.39, 0.29) is 11.7 Å². The van der Waals surface area contributed by atoms with Crippen molar-refractivity contribution >= 4 is 46.8 Å². The molecule has 1 amide bonds. The first-order valence-electron chi connectivity index (χ1n) is 5.00. The number of rotatable bonds is 5. The molecule has 2 N–H and O–H groups in total. The Balaban J connectivity index is 2.55. The molecule has 0 aromatic heterocycles. The predicted molar refractivity (Wildman–Crippen MR) is 72.4 cm³/mol. The van der Waals surface area contributed by atoms with Gasteiger partial charge >= 0.3 is 5.97 Å². The van der Waals surface area contributed by atoms with Crippen LogP contribution in [0.3, 0.4) is 0 Å². The molecule has 18 heavy (non-hydrogen) atoms. The van der Waals surface area contributed by atoms with Gasteiger partial charge in [-0.05, 0) is 19.1 Å². The first-order valence-corrected chi connectivity index (χ1v) is 6.75. The first-order chi connectivity index (χ1) is 8.41. The van der Waals surface area contributed by atoms with Gasteiger partial charge in [-0.25, -0.2) is 0 Å². The number of hydrogen-bond acceptors (Lipinski definition) is 3. The molecule has 98 valence electrons. The molecule has 0 heterocycles. The van der Waals surface area contributed by atoms with Gasteiger partial charge in [-0.15, -0.1) is 11.8 Å². The number of benzene rings is 1. The standard InChI is InChI=1S/C11H11Cl2NO3S/c1-6(11(16)17)14-9(15)5-18-10-7(12)3-2-4-8(10)13/h2-4,6H,5H2,1H3,(H,14,15)(H,16,17). The van der Waals surface area contributed by atoms with Gasteiger partial charge in [-0.3, -0.25) is 9.59 Å². The lowest BCUT2D eigenvalue weighted by atomic mass is 10.3. The minimum Gasteiger partial charge on any atom is -0.480 e. The molecule has 0 fully saturated rings. The van der Waals surface area contributed by atoms with Gasteiger partial charge in [0, 0.05) is 4.90 Å². The molecular weight excluding hydrogens is 297 g/mol. The van der Waals surface area contributed by atoms with Crippen LogP contribution in [0.5, 0.6) is 0 Å². The Morgan fingerprint density at radius 1 is 1.39 bits per heavy atom. The van der Waals surface area contributed by atoms with E-state index in [2.05, 4.69) is 5.32 Å². The molecule has 0 radical (unpaired) electrons. The number of halogens is 2. The van der Waals surface area contributed by atoms with Crippen LogP contribution in [0.25, 0.3) is 0 Å². The summed E-state index contributed by atoms with van der Waals surface area (Å²) in [5.41, 5.74) is 0. The molecular formula is C11H11Cl2NO3S. The maximum Gasteiger partial charge on any atom is 0.325 e. The van der Waals surface area contributed by atoms with Crippen LogP contribution in [0.4, 0.5) is 0 Å². The summed E-state index contributed by atoms with van der Waals surface area (Å²) in [6.45, 7) is 1.40. The molecule has 0 spiro atoms. The number of aliphatic carboxylic acids is 1. The molecule has 0 aliphatic carbocycles. The van der Waals surface area contributed by atoms with Crippen LogP contribution in [-0.4, -0.2) is 28.8 Å². The number of hydrogen-bond donors (Lipinski definition) is 2. The number of carbonyl (C=O) groups is 2. The summed E-state index contributed by atoms with van der Waals surface area (Å²) < 4.78 is 0. The van der Waals surface area contributed by atoms with Gasteiger partial charge < -0.3 is 10.4 Å². The maximum atomic E-state index is 11.5. The Kier molecular flexibility index (Phi) is 5.78. The zero-order valence-electron chi connectivity index (χ0n) is 9.44. The van der Waals surface area contributed by atoms with E-state index in [1.54, 1.807) is 18.2 Å². The van der Waals surface area contributed by atoms with Crippen molar-refractivity contribution in [1.29, 1.82) is 0 Å². The second-order valence-corrected chi connectivity index (χ2v) is 5.27. The third-order valence-corrected chi connectivity index (χ3v) is 4.00. The number of carboxylic acid groups (broad SMARTS) is 1. The van der Waals surface area contributed by atoms with E-state index in [4.69, 9.17) is 28.3 Å². The van der Waals surface area contributed by atoms with Crippen LogP contribution in [0.15, 0.2) is 23.1 Å². The van der Waals surface area contributed by atoms with Crippen LogP contribution in [-0.2, 0) is 9.59 Å². The Morgan fingerprint density at radius 3 is 2.44 bits per heavy atom. The quantitative estimate of drug-likeness (QED) is 0.821. The van der Waals surface area contributed by atoms with Gasteiger partial charge in [0.1, 0.15) is 6.04 Å². The molecule has 0 saturated carbocycles. The fourth-order valence-electron chi connectivity index (χ4n) is 1.10. The average molecular weight is 308 g/mol. The Morgan fingerprint density at radius 2 is 1.94 bits per heavy atom. The highest BCUT2D eigenvalue weighted by atomic mass is 35.5. The topological polar surface area (TPSA) is 66.4 Å². The number of carbonyl (C=O) groups excluding carboxylic acids is 1. The first kappa shape index (κ1) is 15.1. The Hall–Kier alpha value is -0.910. The molecule has 4 nitrogen and oxygen atoms in total. The van der Waals surface area contributed by atoms with E-state index >= 15 is 0 Å². The van der Waals surface area contributed by atoms with Crippen molar-refractivity contribution in [2.75, 3.05) is 5.75 Å². The smallest absolute Gasteiger partial charge is 0.325 e. The lowest BCUT2D eigenvalue weighted by Crippen LogP contribution is -2.39. The normalized spacial score (nSPS) is 11.9. The van der Waals surface area contributed by atoms with Crippen molar-refractivity contribution in [3.05, 3.63) is 28.2 Å². The molecule has 0 aliphatic rings. The van der Waals surface area contributed by atoms with Crippen LogP contribution in [0, 0.1) is 0 Å². The highest BCUT2D eigenvalue weighted by molar-refractivity contribution is 8.00. The maximum absolute atomic E-state index is 11.5. The zero-order valence-corrected chi connectivity index (χ0v) is 11.8. The second kappa shape index (κ2) is 6.87. The van der Waals surface area contributed by atoms with Gasteiger partial charge in [0.05, 0.1) is 15.8 Å². The van der Waals surface area contributed by atoms with E-state index in [0.29, 0.717) is 14.9 Å². The van der Waals surface area contributed by atoms with Crippen LogP contribution >= 0.6 is 35.0 Å². The van der Waals surface area contributed by atoms with Crippen molar-refractivity contribution in [2.45, 2.75) is 17.9 Å². The van der Waals surface area contributed by atoms with Gasteiger partial charge in [-0.2, -0.15) is 0 Å². The molecule has 1 atom stereocenters. The number of nitrogens with one attached hydrogen (secondary N) is 1. The van der Waals surface area contributed by atoms with Gasteiger partial charge in [0.2, 0.25) is 5.91 Å².